The van der Waals surface area contributed by atoms with Crippen LogP contribution in [0.1, 0.15) is 6.92 Å². The summed E-state index contributed by atoms with van der Waals surface area (Å²) in [5.74, 6) is -2.88. The molecule has 0 saturated heterocycles. The van der Waals surface area contributed by atoms with E-state index in [9.17, 15) is 13.6 Å². The highest BCUT2D eigenvalue weighted by Crippen LogP contribution is 2.15. The minimum atomic E-state index is -1.08. The number of aliphatic carboxylic acids is 1. The maximum Gasteiger partial charge on any atom is 0.328 e. The second-order valence-electron chi connectivity index (χ2n) is 3.19. The zero-order chi connectivity index (χ0) is 12.1. The zero-order valence-electron chi connectivity index (χ0n) is 8.54. The number of rotatable bonds is 4. The van der Waals surface area contributed by atoms with Crippen LogP contribution in [0.2, 0.25) is 0 Å². The number of carboxylic acids is 1. The lowest BCUT2D eigenvalue weighted by Crippen LogP contribution is -2.01. The summed E-state index contributed by atoms with van der Waals surface area (Å²) in [5.41, 5.74) is 0.470. The van der Waals surface area contributed by atoms with Gasteiger partial charge in [-0.1, -0.05) is 0 Å². The van der Waals surface area contributed by atoms with Gasteiger partial charge in [0.05, 0.1) is 0 Å². The SMILES string of the molecule is CC(=CC(=O)O)COc1ccc(F)c(F)c1. The summed E-state index contributed by atoms with van der Waals surface area (Å²) in [6, 6.07) is 3.12. The molecule has 3 nitrogen and oxygen atoms in total. The molecule has 5 heteroatoms. The molecule has 1 N–H and O–H groups in total. The van der Waals surface area contributed by atoms with E-state index in [2.05, 4.69) is 0 Å². The highest BCUT2D eigenvalue weighted by Gasteiger charge is 2.03. The van der Waals surface area contributed by atoms with Crippen LogP contribution in [-0.4, -0.2) is 17.7 Å². The molecule has 0 radical (unpaired) electrons. The van der Waals surface area contributed by atoms with E-state index in [1.165, 1.54) is 6.07 Å². The van der Waals surface area contributed by atoms with Crippen molar-refractivity contribution in [2.45, 2.75) is 6.92 Å². The van der Waals surface area contributed by atoms with Crippen LogP contribution in [0, 0.1) is 11.6 Å². The van der Waals surface area contributed by atoms with E-state index in [0.29, 0.717) is 5.57 Å². The third-order valence-electron chi connectivity index (χ3n) is 1.73. The highest BCUT2D eigenvalue weighted by molar-refractivity contribution is 5.80. The average molecular weight is 228 g/mol. The van der Waals surface area contributed by atoms with E-state index in [4.69, 9.17) is 9.84 Å². The number of ether oxygens (including phenoxy) is 1. The Morgan fingerprint density at radius 1 is 1.44 bits per heavy atom. The lowest BCUT2D eigenvalue weighted by molar-refractivity contribution is -0.131. The van der Waals surface area contributed by atoms with Crippen LogP contribution in [0.25, 0.3) is 0 Å². The summed E-state index contributed by atoms with van der Waals surface area (Å²) >= 11 is 0. The van der Waals surface area contributed by atoms with Gasteiger partial charge < -0.3 is 9.84 Å². The van der Waals surface area contributed by atoms with Gasteiger partial charge in [0, 0.05) is 12.1 Å². The number of benzene rings is 1. The molecule has 0 aromatic heterocycles. The first kappa shape index (κ1) is 12.2. The summed E-state index contributed by atoms with van der Waals surface area (Å²) in [7, 11) is 0. The van der Waals surface area contributed by atoms with Crippen LogP contribution in [0.15, 0.2) is 29.8 Å². The van der Waals surface area contributed by atoms with E-state index in [0.717, 1.165) is 18.2 Å². The molecule has 16 heavy (non-hydrogen) atoms. The van der Waals surface area contributed by atoms with Crippen LogP contribution < -0.4 is 4.74 Å². The summed E-state index contributed by atoms with van der Waals surface area (Å²) in [6.07, 6.45) is 0.986. The second-order valence-corrected chi connectivity index (χ2v) is 3.19. The fraction of sp³-hybridized carbons (Fsp3) is 0.182. The molecule has 0 amide bonds. The van der Waals surface area contributed by atoms with Crippen LogP contribution in [-0.2, 0) is 4.79 Å². The van der Waals surface area contributed by atoms with Gasteiger partial charge in [-0.25, -0.2) is 13.6 Å². The average Bonchev–Trinajstić information content (AvgIpc) is 2.19. The normalized spacial score (nSPS) is 11.3. The first-order valence-electron chi connectivity index (χ1n) is 4.47. The molecule has 0 heterocycles. The third-order valence-corrected chi connectivity index (χ3v) is 1.73. The van der Waals surface area contributed by atoms with Crippen molar-refractivity contribution < 1.29 is 23.4 Å². The number of hydrogen-bond donors (Lipinski definition) is 1. The van der Waals surface area contributed by atoms with Gasteiger partial charge in [0.2, 0.25) is 0 Å². The molecule has 0 aliphatic heterocycles. The molecule has 0 bridgehead atoms. The van der Waals surface area contributed by atoms with E-state index >= 15 is 0 Å². The molecule has 1 aromatic rings. The summed E-state index contributed by atoms with van der Waals surface area (Å²) in [6.45, 7) is 1.57. The molecular formula is C11H10F2O3. The quantitative estimate of drug-likeness (QED) is 0.805. The summed E-state index contributed by atoms with van der Waals surface area (Å²) in [5, 5.41) is 8.42. The Labute approximate surface area is 91.0 Å². The van der Waals surface area contributed by atoms with Crippen molar-refractivity contribution in [1.82, 2.24) is 0 Å². The molecule has 0 atom stereocenters. The molecule has 86 valence electrons. The highest BCUT2D eigenvalue weighted by atomic mass is 19.2. The molecule has 0 aliphatic rings. The largest absolute Gasteiger partial charge is 0.489 e. The van der Waals surface area contributed by atoms with Gasteiger partial charge >= 0.3 is 5.97 Å². The van der Waals surface area contributed by atoms with Crippen molar-refractivity contribution in [2.75, 3.05) is 6.61 Å². The number of carboxylic acid groups (broad SMARTS) is 1. The van der Waals surface area contributed by atoms with Gasteiger partial charge in [-0.05, 0) is 24.6 Å². The Balaban J connectivity index is 2.61. The standard InChI is InChI=1S/C11H10F2O3/c1-7(4-11(14)15)6-16-8-2-3-9(12)10(13)5-8/h2-5H,6H2,1H3,(H,14,15). The van der Waals surface area contributed by atoms with Gasteiger partial charge in [0.1, 0.15) is 12.4 Å². The van der Waals surface area contributed by atoms with E-state index in [-0.39, 0.29) is 12.4 Å². The van der Waals surface area contributed by atoms with Crippen molar-refractivity contribution in [3.8, 4) is 5.75 Å². The number of carbonyl (C=O) groups is 1. The molecule has 0 fully saturated rings. The summed E-state index contributed by atoms with van der Waals surface area (Å²) < 4.78 is 30.4. The lowest BCUT2D eigenvalue weighted by atomic mass is 10.3. The van der Waals surface area contributed by atoms with Crippen molar-refractivity contribution >= 4 is 5.97 Å². The molecule has 1 aromatic carbocycles. The molecule has 0 spiro atoms. The Morgan fingerprint density at radius 3 is 2.69 bits per heavy atom. The number of hydrogen-bond acceptors (Lipinski definition) is 2. The fourth-order valence-corrected chi connectivity index (χ4v) is 1.02. The van der Waals surface area contributed by atoms with Gasteiger partial charge in [0.25, 0.3) is 0 Å². The maximum absolute atomic E-state index is 12.8. The minimum absolute atomic E-state index is 0.0113. The maximum atomic E-state index is 12.8. The predicted molar refractivity (Wildman–Crippen MR) is 53.2 cm³/mol. The van der Waals surface area contributed by atoms with E-state index in [1.54, 1.807) is 6.92 Å². The van der Waals surface area contributed by atoms with Crippen LogP contribution >= 0.6 is 0 Å². The van der Waals surface area contributed by atoms with Crippen molar-refractivity contribution in [3.05, 3.63) is 41.5 Å². The monoisotopic (exact) mass is 228 g/mol. The Kier molecular flexibility index (Phi) is 3.99. The van der Waals surface area contributed by atoms with Crippen LogP contribution in [0.3, 0.4) is 0 Å². The molecule has 0 saturated carbocycles. The van der Waals surface area contributed by atoms with Gasteiger partial charge in [-0.3, -0.25) is 0 Å². The molecular weight excluding hydrogens is 218 g/mol. The summed E-state index contributed by atoms with van der Waals surface area (Å²) in [4.78, 5) is 10.3. The van der Waals surface area contributed by atoms with Crippen LogP contribution in [0.4, 0.5) is 8.78 Å². The Morgan fingerprint density at radius 2 is 2.12 bits per heavy atom. The van der Waals surface area contributed by atoms with Gasteiger partial charge in [-0.2, -0.15) is 0 Å². The second kappa shape index (κ2) is 5.25. The Bertz CT molecular complexity index is 427. The smallest absolute Gasteiger partial charge is 0.328 e. The topological polar surface area (TPSA) is 46.5 Å². The predicted octanol–water partition coefficient (Wildman–Crippen LogP) is 2.37. The van der Waals surface area contributed by atoms with E-state index in [1.807, 2.05) is 0 Å². The zero-order valence-corrected chi connectivity index (χ0v) is 8.54. The Hall–Kier alpha value is -1.91. The molecule has 1 rings (SSSR count). The first-order valence-corrected chi connectivity index (χ1v) is 4.47. The number of halogens is 2. The van der Waals surface area contributed by atoms with Crippen molar-refractivity contribution in [2.24, 2.45) is 0 Å². The lowest BCUT2D eigenvalue weighted by Gasteiger charge is -2.06. The third kappa shape index (κ3) is 3.68. The van der Waals surface area contributed by atoms with Gasteiger partial charge in [-0.15, -0.1) is 0 Å². The molecule has 0 aliphatic carbocycles. The fourth-order valence-electron chi connectivity index (χ4n) is 1.02. The first-order chi connectivity index (χ1) is 7.49. The minimum Gasteiger partial charge on any atom is -0.489 e. The van der Waals surface area contributed by atoms with Crippen LogP contribution in [0.5, 0.6) is 5.75 Å². The molecule has 0 unspecified atom stereocenters. The van der Waals surface area contributed by atoms with Crippen molar-refractivity contribution in [1.29, 1.82) is 0 Å². The van der Waals surface area contributed by atoms with Crippen molar-refractivity contribution in [3.63, 3.8) is 0 Å². The van der Waals surface area contributed by atoms with E-state index < -0.39 is 17.6 Å². The van der Waals surface area contributed by atoms with Gasteiger partial charge in [0.15, 0.2) is 11.6 Å².